The van der Waals surface area contributed by atoms with Crippen LogP contribution in [-0.4, -0.2) is 28.6 Å². The van der Waals surface area contributed by atoms with Gasteiger partial charge in [-0.1, -0.05) is 30.3 Å². The van der Waals surface area contributed by atoms with Crippen LogP contribution < -0.4 is 10.7 Å². The molecule has 5 heteroatoms. The highest BCUT2D eigenvalue weighted by molar-refractivity contribution is 5.93. The molecule has 1 amide bonds. The van der Waals surface area contributed by atoms with Crippen molar-refractivity contribution in [3.8, 4) is 0 Å². The summed E-state index contributed by atoms with van der Waals surface area (Å²) in [6.07, 6.45) is 3.33. The molecule has 0 saturated heterocycles. The van der Waals surface area contributed by atoms with Crippen LogP contribution in [0.1, 0.15) is 15.9 Å². The van der Waals surface area contributed by atoms with E-state index in [2.05, 4.69) is 10.3 Å². The highest BCUT2D eigenvalue weighted by Gasteiger charge is 2.15. The minimum Gasteiger partial charge on any atom is -0.394 e. The monoisotopic (exact) mass is 272 g/mol. The van der Waals surface area contributed by atoms with Crippen LogP contribution in [-0.2, 0) is 6.42 Å². The second-order valence-corrected chi connectivity index (χ2v) is 4.46. The molecule has 2 aromatic rings. The van der Waals surface area contributed by atoms with Gasteiger partial charge >= 0.3 is 0 Å². The van der Waals surface area contributed by atoms with E-state index in [-0.39, 0.29) is 17.6 Å². The Kier molecular flexibility index (Phi) is 4.68. The SMILES string of the molecule is O=C(NC(CO)Cc1ccccc1)c1c[nH]ccc1=O. The molecule has 0 aliphatic rings. The second kappa shape index (κ2) is 6.68. The normalized spacial score (nSPS) is 11.8. The number of aromatic nitrogens is 1. The minimum atomic E-state index is -0.484. The average molecular weight is 272 g/mol. The van der Waals surface area contributed by atoms with Gasteiger partial charge in [-0.25, -0.2) is 0 Å². The number of aliphatic hydroxyl groups excluding tert-OH is 1. The Morgan fingerprint density at radius 3 is 2.65 bits per heavy atom. The number of benzene rings is 1. The first-order valence-electron chi connectivity index (χ1n) is 6.33. The molecule has 3 N–H and O–H groups in total. The van der Waals surface area contributed by atoms with Crippen molar-refractivity contribution in [2.75, 3.05) is 6.61 Å². The molecule has 0 spiro atoms. The Morgan fingerprint density at radius 1 is 1.25 bits per heavy atom. The summed E-state index contributed by atoms with van der Waals surface area (Å²) >= 11 is 0. The summed E-state index contributed by atoms with van der Waals surface area (Å²) in [5.41, 5.74) is 0.700. The first-order valence-corrected chi connectivity index (χ1v) is 6.33. The first kappa shape index (κ1) is 14.0. The topological polar surface area (TPSA) is 82.2 Å². The van der Waals surface area contributed by atoms with Crippen molar-refractivity contribution in [2.45, 2.75) is 12.5 Å². The Balaban J connectivity index is 2.05. The third-order valence-electron chi connectivity index (χ3n) is 2.95. The number of carbonyl (C=O) groups is 1. The molecule has 0 aliphatic heterocycles. The lowest BCUT2D eigenvalue weighted by molar-refractivity contribution is 0.0915. The molecule has 1 heterocycles. The number of H-pyrrole nitrogens is 1. The van der Waals surface area contributed by atoms with E-state index in [1.54, 1.807) is 0 Å². The number of pyridine rings is 1. The third-order valence-corrected chi connectivity index (χ3v) is 2.95. The van der Waals surface area contributed by atoms with E-state index in [1.165, 1.54) is 18.5 Å². The summed E-state index contributed by atoms with van der Waals surface area (Å²) in [4.78, 5) is 26.2. The van der Waals surface area contributed by atoms with Gasteiger partial charge in [-0.15, -0.1) is 0 Å². The molecule has 1 atom stereocenters. The average Bonchev–Trinajstić information content (AvgIpc) is 2.48. The summed E-state index contributed by atoms with van der Waals surface area (Å²) in [5, 5.41) is 12.0. The lowest BCUT2D eigenvalue weighted by Crippen LogP contribution is -2.40. The quantitative estimate of drug-likeness (QED) is 0.749. The fraction of sp³-hybridized carbons (Fsp3) is 0.200. The van der Waals surface area contributed by atoms with Gasteiger partial charge in [0.25, 0.3) is 5.91 Å². The number of amides is 1. The van der Waals surface area contributed by atoms with Gasteiger partial charge < -0.3 is 15.4 Å². The van der Waals surface area contributed by atoms with Crippen LogP contribution >= 0.6 is 0 Å². The highest BCUT2D eigenvalue weighted by atomic mass is 16.3. The molecular formula is C15H16N2O3. The maximum atomic E-state index is 12.0. The van der Waals surface area contributed by atoms with Crippen molar-refractivity contribution in [3.63, 3.8) is 0 Å². The molecule has 0 fully saturated rings. The molecule has 5 nitrogen and oxygen atoms in total. The number of rotatable bonds is 5. The summed E-state index contributed by atoms with van der Waals surface area (Å²) < 4.78 is 0. The fourth-order valence-corrected chi connectivity index (χ4v) is 1.92. The van der Waals surface area contributed by atoms with Crippen molar-refractivity contribution in [2.24, 2.45) is 0 Å². The largest absolute Gasteiger partial charge is 0.394 e. The maximum absolute atomic E-state index is 12.0. The number of carbonyl (C=O) groups excluding carboxylic acids is 1. The van der Waals surface area contributed by atoms with Crippen molar-refractivity contribution in [3.05, 3.63) is 70.1 Å². The van der Waals surface area contributed by atoms with Gasteiger partial charge in [0.15, 0.2) is 5.43 Å². The van der Waals surface area contributed by atoms with E-state index in [0.717, 1.165) is 5.56 Å². The van der Waals surface area contributed by atoms with Crippen LogP contribution in [0.15, 0.2) is 53.6 Å². The third kappa shape index (κ3) is 3.55. The van der Waals surface area contributed by atoms with Crippen LogP contribution in [0.3, 0.4) is 0 Å². The van der Waals surface area contributed by atoms with E-state index in [9.17, 15) is 14.7 Å². The van der Waals surface area contributed by atoms with Crippen LogP contribution in [0.2, 0.25) is 0 Å². The maximum Gasteiger partial charge on any atom is 0.257 e. The summed E-state index contributed by atoms with van der Waals surface area (Å²) in [6.45, 7) is -0.189. The van der Waals surface area contributed by atoms with Gasteiger partial charge in [-0.2, -0.15) is 0 Å². The molecular weight excluding hydrogens is 256 g/mol. The number of aromatic amines is 1. The Hall–Kier alpha value is -2.40. The van der Waals surface area contributed by atoms with E-state index >= 15 is 0 Å². The Labute approximate surface area is 116 Å². The molecule has 0 radical (unpaired) electrons. The van der Waals surface area contributed by atoms with Gasteiger partial charge in [0.2, 0.25) is 0 Å². The molecule has 104 valence electrons. The molecule has 1 aromatic carbocycles. The van der Waals surface area contributed by atoms with Gasteiger partial charge in [-0.05, 0) is 12.0 Å². The van der Waals surface area contributed by atoms with Crippen LogP contribution in [0.4, 0.5) is 0 Å². The predicted molar refractivity (Wildman–Crippen MR) is 75.5 cm³/mol. The van der Waals surface area contributed by atoms with Gasteiger partial charge in [0, 0.05) is 18.5 Å². The molecule has 1 aromatic heterocycles. The van der Waals surface area contributed by atoms with Gasteiger partial charge in [-0.3, -0.25) is 9.59 Å². The first-order chi connectivity index (χ1) is 9.70. The molecule has 2 rings (SSSR count). The molecule has 1 unspecified atom stereocenters. The van der Waals surface area contributed by atoms with Crippen molar-refractivity contribution in [1.82, 2.24) is 10.3 Å². The lowest BCUT2D eigenvalue weighted by atomic mass is 10.1. The number of aliphatic hydroxyl groups is 1. The van der Waals surface area contributed by atoms with Gasteiger partial charge in [0.05, 0.1) is 12.6 Å². The number of hydrogen-bond acceptors (Lipinski definition) is 3. The molecule has 0 saturated carbocycles. The number of hydrogen-bond donors (Lipinski definition) is 3. The Bertz CT molecular complexity index is 622. The summed E-state index contributed by atoms with van der Waals surface area (Å²) in [7, 11) is 0. The second-order valence-electron chi connectivity index (χ2n) is 4.46. The summed E-state index contributed by atoms with van der Waals surface area (Å²) in [6, 6.07) is 10.4. The zero-order valence-corrected chi connectivity index (χ0v) is 10.9. The van der Waals surface area contributed by atoms with Crippen molar-refractivity contribution < 1.29 is 9.90 Å². The number of nitrogens with one attached hydrogen (secondary N) is 2. The standard InChI is InChI=1S/C15H16N2O3/c18-10-12(8-11-4-2-1-3-5-11)17-15(20)13-9-16-7-6-14(13)19/h1-7,9,12,18H,8,10H2,(H,16,19)(H,17,20). The Morgan fingerprint density at radius 2 is 2.00 bits per heavy atom. The van der Waals surface area contributed by atoms with E-state index in [0.29, 0.717) is 6.42 Å². The zero-order valence-electron chi connectivity index (χ0n) is 10.9. The van der Waals surface area contributed by atoms with E-state index < -0.39 is 11.9 Å². The lowest BCUT2D eigenvalue weighted by Gasteiger charge is -2.16. The van der Waals surface area contributed by atoms with E-state index in [4.69, 9.17) is 0 Å². The van der Waals surface area contributed by atoms with Gasteiger partial charge in [0.1, 0.15) is 5.56 Å². The van der Waals surface area contributed by atoms with Crippen LogP contribution in [0.5, 0.6) is 0 Å². The molecule has 20 heavy (non-hydrogen) atoms. The smallest absolute Gasteiger partial charge is 0.257 e. The van der Waals surface area contributed by atoms with Crippen LogP contribution in [0.25, 0.3) is 0 Å². The predicted octanol–water partition coefficient (Wildman–Crippen LogP) is 0.708. The minimum absolute atomic E-state index is 0.0408. The summed E-state index contributed by atoms with van der Waals surface area (Å²) in [5.74, 6) is -0.484. The highest BCUT2D eigenvalue weighted by Crippen LogP contribution is 2.03. The van der Waals surface area contributed by atoms with E-state index in [1.807, 2.05) is 30.3 Å². The zero-order chi connectivity index (χ0) is 14.4. The fourth-order valence-electron chi connectivity index (χ4n) is 1.92. The van der Waals surface area contributed by atoms with Crippen LogP contribution in [0, 0.1) is 0 Å². The molecule has 0 aliphatic carbocycles. The van der Waals surface area contributed by atoms with Crippen molar-refractivity contribution in [1.29, 1.82) is 0 Å². The van der Waals surface area contributed by atoms with Crippen molar-refractivity contribution >= 4 is 5.91 Å². The molecule has 0 bridgehead atoms.